The summed E-state index contributed by atoms with van der Waals surface area (Å²) < 4.78 is 5.30. The first kappa shape index (κ1) is 14.6. The average Bonchev–Trinajstić information content (AvgIpc) is 2.21. The summed E-state index contributed by atoms with van der Waals surface area (Å²) in [5, 5.41) is 6.44. The number of hydrogen-bond acceptors (Lipinski definition) is 3. The van der Waals surface area contributed by atoms with Gasteiger partial charge in [0.1, 0.15) is 5.60 Å². The van der Waals surface area contributed by atoms with Gasteiger partial charge in [-0.1, -0.05) is 13.3 Å². The average molecular weight is 268 g/mol. The van der Waals surface area contributed by atoms with E-state index in [0.717, 1.165) is 19.6 Å². The molecule has 2 fully saturated rings. The third kappa shape index (κ3) is 3.22. The second-order valence-corrected chi connectivity index (χ2v) is 7.23. The molecule has 2 N–H and O–H groups in total. The summed E-state index contributed by atoms with van der Waals surface area (Å²) in [7, 11) is 0. The molecule has 0 aromatic heterocycles. The number of hydrogen-bond donors (Lipinski definition) is 2. The van der Waals surface area contributed by atoms with Gasteiger partial charge in [0.25, 0.3) is 0 Å². The van der Waals surface area contributed by atoms with E-state index < -0.39 is 5.60 Å². The predicted molar refractivity (Wildman–Crippen MR) is 76.0 cm³/mol. The summed E-state index contributed by atoms with van der Waals surface area (Å²) >= 11 is 0. The van der Waals surface area contributed by atoms with Crippen molar-refractivity contribution in [3.05, 3.63) is 0 Å². The van der Waals surface area contributed by atoms with Crippen LogP contribution in [-0.2, 0) is 4.74 Å². The van der Waals surface area contributed by atoms with Gasteiger partial charge in [-0.25, -0.2) is 4.79 Å². The predicted octanol–water partition coefficient (Wildman–Crippen LogP) is 2.54. The lowest BCUT2D eigenvalue weighted by atomic mass is 9.53. The molecule has 0 aromatic carbocycles. The minimum Gasteiger partial charge on any atom is -0.444 e. The molecule has 1 saturated heterocycles. The fourth-order valence-corrected chi connectivity index (χ4v) is 3.57. The first-order chi connectivity index (χ1) is 8.83. The first-order valence-electron chi connectivity index (χ1n) is 7.51. The number of nitrogens with one attached hydrogen (secondary N) is 2. The summed E-state index contributed by atoms with van der Waals surface area (Å²) in [5.74, 6) is 1.25. The van der Waals surface area contributed by atoms with E-state index in [1.165, 1.54) is 19.3 Å². The van der Waals surface area contributed by atoms with E-state index in [1.54, 1.807) is 0 Å². The Balaban J connectivity index is 1.86. The maximum atomic E-state index is 11.7. The maximum absolute atomic E-state index is 11.7. The molecule has 19 heavy (non-hydrogen) atoms. The van der Waals surface area contributed by atoms with Crippen molar-refractivity contribution in [3.63, 3.8) is 0 Å². The normalized spacial score (nSPS) is 29.7. The van der Waals surface area contributed by atoms with Gasteiger partial charge in [0.05, 0.1) is 0 Å². The van der Waals surface area contributed by atoms with Gasteiger partial charge in [-0.15, -0.1) is 0 Å². The van der Waals surface area contributed by atoms with Crippen LogP contribution in [0.15, 0.2) is 0 Å². The molecule has 2 unspecified atom stereocenters. The van der Waals surface area contributed by atoms with Crippen molar-refractivity contribution in [1.82, 2.24) is 10.6 Å². The zero-order valence-electron chi connectivity index (χ0n) is 12.7. The lowest BCUT2D eigenvalue weighted by Crippen LogP contribution is -2.57. The fraction of sp³-hybridized carbons (Fsp3) is 0.933. The van der Waals surface area contributed by atoms with Crippen molar-refractivity contribution in [2.24, 2.45) is 17.3 Å². The Morgan fingerprint density at radius 1 is 1.37 bits per heavy atom. The van der Waals surface area contributed by atoms with E-state index in [9.17, 15) is 4.79 Å². The van der Waals surface area contributed by atoms with Crippen molar-refractivity contribution in [1.29, 1.82) is 0 Å². The Kier molecular flexibility index (Phi) is 4.09. The van der Waals surface area contributed by atoms with Crippen molar-refractivity contribution in [3.8, 4) is 0 Å². The van der Waals surface area contributed by atoms with Crippen molar-refractivity contribution in [2.75, 3.05) is 19.6 Å². The van der Waals surface area contributed by atoms with E-state index >= 15 is 0 Å². The summed E-state index contributed by atoms with van der Waals surface area (Å²) in [5.41, 5.74) is 0.0383. The number of amides is 1. The highest BCUT2D eigenvalue weighted by atomic mass is 16.6. The third-order valence-electron chi connectivity index (χ3n) is 4.81. The van der Waals surface area contributed by atoms with E-state index in [-0.39, 0.29) is 6.09 Å². The number of carbonyl (C=O) groups excluding carboxylic acids is 1. The summed E-state index contributed by atoms with van der Waals surface area (Å²) in [4.78, 5) is 11.7. The highest BCUT2D eigenvalue weighted by molar-refractivity contribution is 5.67. The van der Waals surface area contributed by atoms with Crippen LogP contribution in [0.1, 0.15) is 47.0 Å². The molecule has 2 aliphatic rings. The maximum Gasteiger partial charge on any atom is 0.407 e. The van der Waals surface area contributed by atoms with Crippen LogP contribution in [0, 0.1) is 17.3 Å². The largest absolute Gasteiger partial charge is 0.444 e. The Morgan fingerprint density at radius 2 is 2.05 bits per heavy atom. The molecule has 1 amide bonds. The van der Waals surface area contributed by atoms with E-state index in [4.69, 9.17) is 4.74 Å². The molecule has 4 nitrogen and oxygen atoms in total. The van der Waals surface area contributed by atoms with Crippen LogP contribution >= 0.6 is 0 Å². The summed E-state index contributed by atoms with van der Waals surface area (Å²) in [6, 6.07) is 0. The minimum absolute atomic E-state index is 0.291. The highest BCUT2D eigenvalue weighted by Gasteiger charge is 2.49. The van der Waals surface area contributed by atoms with Crippen LogP contribution in [0.25, 0.3) is 0 Å². The molecular weight excluding hydrogens is 240 g/mol. The monoisotopic (exact) mass is 268 g/mol. The number of ether oxygens (including phenoxy) is 1. The van der Waals surface area contributed by atoms with Gasteiger partial charge >= 0.3 is 6.09 Å². The van der Waals surface area contributed by atoms with Crippen LogP contribution in [0.5, 0.6) is 0 Å². The van der Waals surface area contributed by atoms with Crippen LogP contribution in [0.2, 0.25) is 0 Å². The Labute approximate surface area is 116 Å². The Hall–Kier alpha value is -0.770. The van der Waals surface area contributed by atoms with E-state index in [0.29, 0.717) is 17.3 Å². The smallest absolute Gasteiger partial charge is 0.407 e. The van der Waals surface area contributed by atoms with Crippen molar-refractivity contribution >= 4 is 6.09 Å². The van der Waals surface area contributed by atoms with Gasteiger partial charge < -0.3 is 15.4 Å². The number of carbonyl (C=O) groups is 1. The molecular formula is C15H28N2O2. The molecule has 1 heterocycles. The van der Waals surface area contributed by atoms with Crippen LogP contribution in [0.3, 0.4) is 0 Å². The standard InChI is InChI=1S/C15H28N2O2/c1-11-8-16-9-12(15(11)6-5-7-15)10-17-13(18)19-14(2,3)4/h11-12,16H,5-10H2,1-4H3,(H,17,18). The van der Waals surface area contributed by atoms with Crippen LogP contribution < -0.4 is 10.6 Å². The molecule has 110 valence electrons. The fourth-order valence-electron chi connectivity index (χ4n) is 3.57. The lowest BCUT2D eigenvalue weighted by molar-refractivity contribution is -0.0332. The molecule has 0 bridgehead atoms. The zero-order chi connectivity index (χ0) is 14.1. The van der Waals surface area contributed by atoms with E-state index in [2.05, 4.69) is 17.6 Å². The molecule has 0 aromatic rings. The molecule has 1 saturated carbocycles. The molecule has 0 radical (unpaired) electrons. The molecule has 4 heteroatoms. The van der Waals surface area contributed by atoms with Crippen molar-refractivity contribution in [2.45, 2.75) is 52.6 Å². The second-order valence-electron chi connectivity index (χ2n) is 7.23. The zero-order valence-corrected chi connectivity index (χ0v) is 12.7. The van der Waals surface area contributed by atoms with Crippen LogP contribution in [-0.4, -0.2) is 31.3 Å². The summed E-state index contributed by atoms with van der Waals surface area (Å²) in [6.45, 7) is 10.9. The quantitative estimate of drug-likeness (QED) is 0.809. The molecule has 2 atom stereocenters. The molecule has 1 aliphatic carbocycles. The number of rotatable bonds is 2. The van der Waals surface area contributed by atoms with Gasteiger partial charge in [-0.2, -0.15) is 0 Å². The molecule has 1 spiro atoms. The molecule has 2 rings (SSSR count). The van der Waals surface area contributed by atoms with Gasteiger partial charge in [0.15, 0.2) is 0 Å². The Morgan fingerprint density at radius 3 is 2.58 bits per heavy atom. The highest BCUT2D eigenvalue weighted by Crippen LogP contribution is 2.53. The second kappa shape index (κ2) is 5.31. The Bertz CT molecular complexity index is 332. The number of alkyl carbamates (subject to hydrolysis) is 1. The van der Waals surface area contributed by atoms with Gasteiger partial charge in [-0.3, -0.25) is 0 Å². The minimum atomic E-state index is -0.420. The van der Waals surface area contributed by atoms with Gasteiger partial charge in [0, 0.05) is 13.1 Å². The van der Waals surface area contributed by atoms with Gasteiger partial charge in [-0.05, 0) is 57.4 Å². The topological polar surface area (TPSA) is 50.4 Å². The van der Waals surface area contributed by atoms with Crippen LogP contribution in [0.4, 0.5) is 4.79 Å². The first-order valence-corrected chi connectivity index (χ1v) is 7.51. The van der Waals surface area contributed by atoms with Gasteiger partial charge in [0.2, 0.25) is 0 Å². The third-order valence-corrected chi connectivity index (χ3v) is 4.81. The number of piperidine rings is 1. The van der Waals surface area contributed by atoms with Crippen molar-refractivity contribution < 1.29 is 9.53 Å². The molecule has 1 aliphatic heterocycles. The van der Waals surface area contributed by atoms with E-state index in [1.807, 2.05) is 20.8 Å². The SMILES string of the molecule is CC1CNCC(CNC(=O)OC(C)(C)C)C12CCC2. The summed E-state index contributed by atoms with van der Waals surface area (Å²) in [6.07, 6.45) is 3.68. The lowest BCUT2D eigenvalue weighted by Gasteiger charge is -2.55.